The summed E-state index contributed by atoms with van der Waals surface area (Å²) in [6.07, 6.45) is 0. The van der Waals surface area contributed by atoms with E-state index in [1.807, 2.05) is 6.07 Å². The first kappa shape index (κ1) is 14.4. The number of rotatable bonds is 4. The first-order chi connectivity index (χ1) is 9.01. The van der Waals surface area contributed by atoms with Crippen molar-refractivity contribution in [2.45, 2.75) is 26.8 Å². The SMILES string of the molecule is COc1ccc(C)cc1C(N)CN1CC(C)C(C)C1. The summed E-state index contributed by atoms with van der Waals surface area (Å²) in [4.78, 5) is 2.47. The maximum Gasteiger partial charge on any atom is 0.123 e. The molecule has 0 aliphatic carbocycles. The van der Waals surface area contributed by atoms with E-state index in [4.69, 9.17) is 10.5 Å². The zero-order valence-corrected chi connectivity index (χ0v) is 12.5. The first-order valence-electron chi connectivity index (χ1n) is 7.13. The van der Waals surface area contributed by atoms with Gasteiger partial charge in [-0.3, -0.25) is 0 Å². The van der Waals surface area contributed by atoms with Gasteiger partial charge in [-0.15, -0.1) is 0 Å². The molecule has 1 aliphatic rings. The smallest absolute Gasteiger partial charge is 0.123 e. The van der Waals surface area contributed by atoms with E-state index in [0.29, 0.717) is 0 Å². The van der Waals surface area contributed by atoms with E-state index in [1.54, 1.807) is 7.11 Å². The zero-order valence-electron chi connectivity index (χ0n) is 12.5. The summed E-state index contributed by atoms with van der Waals surface area (Å²) >= 11 is 0. The maximum absolute atomic E-state index is 6.39. The second-order valence-corrected chi connectivity index (χ2v) is 6.03. The van der Waals surface area contributed by atoms with Gasteiger partial charge in [0.05, 0.1) is 7.11 Å². The van der Waals surface area contributed by atoms with Crippen LogP contribution in [0.25, 0.3) is 0 Å². The van der Waals surface area contributed by atoms with E-state index < -0.39 is 0 Å². The van der Waals surface area contributed by atoms with Gasteiger partial charge in [0.2, 0.25) is 0 Å². The Morgan fingerprint density at radius 2 is 1.95 bits per heavy atom. The van der Waals surface area contributed by atoms with Gasteiger partial charge in [-0.05, 0) is 24.8 Å². The number of ether oxygens (including phenoxy) is 1. The fourth-order valence-electron chi connectivity index (χ4n) is 2.92. The Morgan fingerprint density at radius 1 is 1.32 bits per heavy atom. The van der Waals surface area contributed by atoms with E-state index in [-0.39, 0.29) is 6.04 Å². The number of aryl methyl sites for hydroxylation is 1. The summed E-state index contributed by atoms with van der Waals surface area (Å²) in [5.41, 5.74) is 8.74. The minimum atomic E-state index is 0.0207. The Balaban J connectivity index is 2.07. The predicted molar refractivity (Wildman–Crippen MR) is 79.4 cm³/mol. The molecule has 1 saturated heterocycles. The van der Waals surface area contributed by atoms with Crippen LogP contribution in [0.3, 0.4) is 0 Å². The Kier molecular flexibility index (Phi) is 4.48. The van der Waals surface area contributed by atoms with E-state index >= 15 is 0 Å². The van der Waals surface area contributed by atoms with Crippen LogP contribution in [0, 0.1) is 18.8 Å². The molecule has 1 heterocycles. The van der Waals surface area contributed by atoms with Gasteiger partial charge in [0.15, 0.2) is 0 Å². The molecule has 1 aliphatic heterocycles. The number of hydrogen-bond donors (Lipinski definition) is 1. The first-order valence-corrected chi connectivity index (χ1v) is 7.13. The molecule has 0 spiro atoms. The van der Waals surface area contributed by atoms with Crippen molar-refractivity contribution in [2.24, 2.45) is 17.6 Å². The molecule has 0 radical (unpaired) electrons. The molecule has 3 unspecified atom stereocenters. The van der Waals surface area contributed by atoms with Crippen LogP contribution in [0.1, 0.15) is 31.0 Å². The highest BCUT2D eigenvalue weighted by Crippen LogP contribution is 2.28. The zero-order chi connectivity index (χ0) is 14.0. The molecule has 1 aromatic carbocycles. The van der Waals surface area contributed by atoms with Crippen molar-refractivity contribution >= 4 is 0 Å². The predicted octanol–water partition coefficient (Wildman–Crippen LogP) is 2.59. The monoisotopic (exact) mass is 262 g/mol. The van der Waals surface area contributed by atoms with Gasteiger partial charge in [-0.2, -0.15) is 0 Å². The highest BCUT2D eigenvalue weighted by atomic mass is 16.5. The van der Waals surface area contributed by atoms with Gasteiger partial charge in [0, 0.05) is 31.2 Å². The van der Waals surface area contributed by atoms with Gasteiger partial charge in [0.1, 0.15) is 5.75 Å². The number of methoxy groups -OCH3 is 1. The van der Waals surface area contributed by atoms with Crippen LogP contribution in [0.5, 0.6) is 5.75 Å². The van der Waals surface area contributed by atoms with Crippen LogP contribution < -0.4 is 10.5 Å². The summed E-state index contributed by atoms with van der Waals surface area (Å²) in [6, 6.07) is 6.24. The minimum Gasteiger partial charge on any atom is -0.496 e. The number of nitrogens with two attached hydrogens (primary N) is 1. The highest BCUT2D eigenvalue weighted by Gasteiger charge is 2.27. The summed E-state index contributed by atoms with van der Waals surface area (Å²) in [6.45, 7) is 9.96. The van der Waals surface area contributed by atoms with Crippen molar-refractivity contribution in [3.05, 3.63) is 29.3 Å². The van der Waals surface area contributed by atoms with Crippen molar-refractivity contribution in [1.29, 1.82) is 0 Å². The van der Waals surface area contributed by atoms with Crippen molar-refractivity contribution in [3.8, 4) is 5.75 Å². The quantitative estimate of drug-likeness (QED) is 0.906. The summed E-state index contributed by atoms with van der Waals surface area (Å²) in [5, 5.41) is 0. The summed E-state index contributed by atoms with van der Waals surface area (Å²) < 4.78 is 5.43. The average Bonchev–Trinajstić information content (AvgIpc) is 2.68. The highest BCUT2D eigenvalue weighted by molar-refractivity contribution is 5.39. The van der Waals surface area contributed by atoms with Crippen LogP contribution in [-0.2, 0) is 0 Å². The second kappa shape index (κ2) is 5.93. The third-order valence-electron chi connectivity index (χ3n) is 4.30. The third-order valence-corrected chi connectivity index (χ3v) is 4.30. The molecule has 0 saturated carbocycles. The lowest BCUT2D eigenvalue weighted by Crippen LogP contribution is -2.31. The Bertz CT molecular complexity index is 423. The summed E-state index contributed by atoms with van der Waals surface area (Å²) in [5.74, 6) is 2.44. The van der Waals surface area contributed by atoms with E-state index in [1.165, 1.54) is 5.56 Å². The lowest BCUT2D eigenvalue weighted by Gasteiger charge is -2.22. The number of likely N-dealkylation sites (tertiary alicyclic amines) is 1. The second-order valence-electron chi connectivity index (χ2n) is 6.03. The van der Waals surface area contributed by atoms with Gasteiger partial charge >= 0.3 is 0 Å². The van der Waals surface area contributed by atoms with Crippen molar-refractivity contribution in [3.63, 3.8) is 0 Å². The Morgan fingerprint density at radius 3 is 2.53 bits per heavy atom. The Hall–Kier alpha value is -1.06. The van der Waals surface area contributed by atoms with Crippen LogP contribution in [-0.4, -0.2) is 31.6 Å². The van der Waals surface area contributed by atoms with Gasteiger partial charge in [-0.1, -0.05) is 31.5 Å². The molecule has 1 fully saturated rings. The summed E-state index contributed by atoms with van der Waals surface area (Å²) in [7, 11) is 1.71. The lowest BCUT2D eigenvalue weighted by atomic mass is 10.0. The lowest BCUT2D eigenvalue weighted by molar-refractivity contribution is 0.299. The Labute approximate surface area is 116 Å². The molecule has 3 heteroatoms. The standard InChI is InChI=1S/C16H26N2O/c1-11-5-6-16(19-4)14(7-11)15(17)10-18-8-12(2)13(3)9-18/h5-7,12-13,15H,8-10,17H2,1-4H3. The van der Waals surface area contributed by atoms with Crippen LogP contribution in [0.15, 0.2) is 18.2 Å². The molecule has 0 aromatic heterocycles. The molecule has 106 valence electrons. The van der Waals surface area contributed by atoms with Gasteiger partial charge in [0.25, 0.3) is 0 Å². The molecule has 19 heavy (non-hydrogen) atoms. The van der Waals surface area contributed by atoms with Crippen molar-refractivity contribution in [2.75, 3.05) is 26.7 Å². The number of nitrogens with zero attached hydrogens (tertiary/aromatic N) is 1. The molecule has 0 amide bonds. The maximum atomic E-state index is 6.39. The third kappa shape index (κ3) is 3.28. The topological polar surface area (TPSA) is 38.5 Å². The molecular formula is C16H26N2O. The molecule has 3 atom stereocenters. The van der Waals surface area contributed by atoms with E-state index in [2.05, 4.69) is 37.8 Å². The van der Waals surface area contributed by atoms with E-state index in [0.717, 1.165) is 42.8 Å². The normalized spacial score (nSPS) is 25.5. The molecule has 2 N–H and O–H groups in total. The molecule has 0 bridgehead atoms. The largest absolute Gasteiger partial charge is 0.496 e. The van der Waals surface area contributed by atoms with Crippen LogP contribution in [0.4, 0.5) is 0 Å². The van der Waals surface area contributed by atoms with Crippen LogP contribution in [0.2, 0.25) is 0 Å². The molecule has 1 aromatic rings. The molecular weight excluding hydrogens is 236 g/mol. The van der Waals surface area contributed by atoms with Crippen molar-refractivity contribution < 1.29 is 4.74 Å². The van der Waals surface area contributed by atoms with Gasteiger partial charge < -0.3 is 15.4 Å². The van der Waals surface area contributed by atoms with E-state index in [9.17, 15) is 0 Å². The fraction of sp³-hybridized carbons (Fsp3) is 0.625. The molecule has 2 rings (SSSR count). The van der Waals surface area contributed by atoms with Gasteiger partial charge in [-0.25, -0.2) is 0 Å². The minimum absolute atomic E-state index is 0.0207. The molecule has 3 nitrogen and oxygen atoms in total. The van der Waals surface area contributed by atoms with Crippen LogP contribution >= 0.6 is 0 Å². The fourth-order valence-corrected chi connectivity index (χ4v) is 2.92. The average molecular weight is 262 g/mol. The number of benzene rings is 1. The number of hydrogen-bond acceptors (Lipinski definition) is 3. The van der Waals surface area contributed by atoms with Crippen molar-refractivity contribution in [1.82, 2.24) is 4.90 Å².